The molecular weight excluding hydrogens is 356 g/mol. The monoisotopic (exact) mass is 388 g/mol. The first kappa shape index (κ1) is 20.5. The van der Waals surface area contributed by atoms with Crippen LogP contribution >= 0.6 is 0 Å². The van der Waals surface area contributed by atoms with Crippen LogP contribution in [0.15, 0.2) is 30.3 Å². The van der Waals surface area contributed by atoms with Crippen LogP contribution in [0, 0.1) is 5.41 Å². The fourth-order valence-corrected chi connectivity index (χ4v) is 4.33. The number of rotatable bonds is 3. The minimum atomic E-state index is -0.480. The van der Waals surface area contributed by atoms with Gasteiger partial charge in [0.25, 0.3) is 0 Å². The Hall–Kier alpha value is -2.24. The standard InChI is InChI=1S/C22H32N2O4/c1-21(2,3)28-20(26)24-14-12-22(13-15-24)11-7-10-18(22)23-19(25)27-16-17-8-5-4-6-9-17/h4-6,8-9,18H,7,10-16H2,1-3H3,(H,23,25). The van der Waals surface area contributed by atoms with Crippen molar-refractivity contribution in [3.63, 3.8) is 0 Å². The number of likely N-dealkylation sites (tertiary alicyclic amines) is 1. The Kier molecular flexibility index (Phi) is 6.16. The second-order valence-corrected chi connectivity index (χ2v) is 8.98. The number of ether oxygens (including phenoxy) is 2. The van der Waals surface area contributed by atoms with E-state index < -0.39 is 5.60 Å². The minimum Gasteiger partial charge on any atom is -0.445 e. The Morgan fingerprint density at radius 3 is 2.46 bits per heavy atom. The largest absolute Gasteiger partial charge is 0.445 e. The molecule has 2 aliphatic rings. The Labute approximate surface area is 167 Å². The van der Waals surface area contributed by atoms with E-state index in [0.29, 0.717) is 13.1 Å². The lowest BCUT2D eigenvalue weighted by molar-refractivity contribution is 0.00691. The van der Waals surface area contributed by atoms with E-state index in [2.05, 4.69) is 5.32 Å². The maximum atomic E-state index is 12.3. The van der Waals surface area contributed by atoms with Gasteiger partial charge in [-0.15, -0.1) is 0 Å². The molecule has 28 heavy (non-hydrogen) atoms. The number of alkyl carbamates (subject to hydrolysis) is 1. The third-order valence-electron chi connectivity index (χ3n) is 5.82. The lowest BCUT2D eigenvalue weighted by Crippen LogP contribution is -2.52. The molecule has 2 amide bonds. The molecule has 1 unspecified atom stereocenters. The van der Waals surface area contributed by atoms with E-state index >= 15 is 0 Å². The summed E-state index contributed by atoms with van der Waals surface area (Å²) < 4.78 is 10.9. The molecule has 6 heteroatoms. The minimum absolute atomic E-state index is 0.0598. The second-order valence-electron chi connectivity index (χ2n) is 8.98. The molecule has 3 rings (SSSR count). The van der Waals surface area contributed by atoms with E-state index in [9.17, 15) is 9.59 Å². The van der Waals surface area contributed by atoms with E-state index in [1.165, 1.54) is 0 Å². The highest BCUT2D eigenvalue weighted by Crippen LogP contribution is 2.46. The van der Waals surface area contributed by atoms with Gasteiger partial charge in [0.15, 0.2) is 0 Å². The molecule has 1 aromatic carbocycles. The molecule has 0 radical (unpaired) electrons. The summed E-state index contributed by atoms with van der Waals surface area (Å²) in [7, 11) is 0. The zero-order chi connectivity index (χ0) is 20.2. The number of amides is 2. The Balaban J connectivity index is 1.50. The van der Waals surface area contributed by atoms with Crippen molar-refractivity contribution in [3.05, 3.63) is 35.9 Å². The number of nitrogens with one attached hydrogen (secondary N) is 1. The van der Waals surface area contributed by atoms with Crippen LogP contribution in [0.5, 0.6) is 0 Å². The lowest BCUT2D eigenvalue weighted by Gasteiger charge is -2.43. The van der Waals surface area contributed by atoms with Crippen molar-refractivity contribution < 1.29 is 19.1 Å². The van der Waals surface area contributed by atoms with Crippen LogP contribution in [0.4, 0.5) is 9.59 Å². The Morgan fingerprint density at radius 2 is 1.82 bits per heavy atom. The number of nitrogens with zero attached hydrogens (tertiary/aromatic N) is 1. The van der Waals surface area contributed by atoms with Crippen LogP contribution in [0.1, 0.15) is 58.4 Å². The van der Waals surface area contributed by atoms with Crippen molar-refractivity contribution >= 4 is 12.2 Å². The van der Waals surface area contributed by atoms with E-state index in [4.69, 9.17) is 9.47 Å². The molecule has 1 saturated carbocycles. The normalized spacial score (nSPS) is 21.4. The summed E-state index contributed by atoms with van der Waals surface area (Å²) in [6.45, 7) is 7.27. The summed E-state index contributed by atoms with van der Waals surface area (Å²) in [4.78, 5) is 26.4. The highest BCUT2D eigenvalue weighted by Gasteiger charge is 2.46. The van der Waals surface area contributed by atoms with Gasteiger partial charge in [-0.05, 0) is 57.4 Å². The Bertz CT molecular complexity index is 676. The van der Waals surface area contributed by atoms with E-state index in [0.717, 1.165) is 37.7 Å². The summed E-state index contributed by atoms with van der Waals surface area (Å²) in [6, 6.07) is 9.79. The van der Waals surface area contributed by atoms with Crippen LogP contribution in [0.3, 0.4) is 0 Å². The van der Waals surface area contributed by atoms with Gasteiger partial charge in [0, 0.05) is 19.1 Å². The molecule has 6 nitrogen and oxygen atoms in total. The molecule has 1 atom stereocenters. The first-order chi connectivity index (χ1) is 13.3. The zero-order valence-electron chi connectivity index (χ0n) is 17.2. The third kappa shape index (κ3) is 5.18. The van der Waals surface area contributed by atoms with E-state index in [-0.39, 0.29) is 30.3 Å². The van der Waals surface area contributed by atoms with Crippen LogP contribution in [0.25, 0.3) is 0 Å². The van der Waals surface area contributed by atoms with Gasteiger partial charge >= 0.3 is 12.2 Å². The number of benzene rings is 1. The summed E-state index contributed by atoms with van der Waals surface area (Å²) in [5.74, 6) is 0. The van der Waals surface area contributed by atoms with Gasteiger partial charge in [-0.1, -0.05) is 36.8 Å². The predicted octanol–water partition coefficient (Wildman–Crippen LogP) is 4.48. The second kappa shape index (κ2) is 8.41. The number of piperidine rings is 1. The number of carbonyl (C=O) groups excluding carboxylic acids is 2. The van der Waals surface area contributed by atoms with Crippen LogP contribution < -0.4 is 5.32 Å². The smallest absolute Gasteiger partial charge is 0.410 e. The fraction of sp³-hybridized carbons (Fsp3) is 0.636. The maximum absolute atomic E-state index is 12.3. The van der Waals surface area contributed by atoms with Crippen molar-refractivity contribution in [3.8, 4) is 0 Å². The number of carbonyl (C=O) groups is 2. The lowest BCUT2D eigenvalue weighted by atomic mass is 9.74. The molecule has 0 aromatic heterocycles. The van der Waals surface area contributed by atoms with Crippen LogP contribution in [0.2, 0.25) is 0 Å². The van der Waals surface area contributed by atoms with Crippen LogP contribution in [-0.4, -0.2) is 41.8 Å². The van der Waals surface area contributed by atoms with E-state index in [1.54, 1.807) is 4.90 Å². The van der Waals surface area contributed by atoms with Crippen molar-refractivity contribution in [2.75, 3.05) is 13.1 Å². The van der Waals surface area contributed by atoms with Crippen LogP contribution in [-0.2, 0) is 16.1 Å². The number of hydrogen-bond donors (Lipinski definition) is 1. The molecule has 1 N–H and O–H groups in total. The average Bonchev–Trinajstić information content (AvgIpc) is 3.02. The molecule has 1 aliphatic carbocycles. The van der Waals surface area contributed by atoms with Crippen molar-refractivity contribution in [1.82, 2.24) is 10.2 Å². The van der Waals surface area contributed by atoms with Gasteiger partial charge in [-0.3, -0.25) is 0 Å². The quantitative estimate of drug-likeness (QED) is 0.829. The highest BCUT2D eigenvalue weighted by atomic mass is 16.6. The summed E-state index contributed by atoms with van der Waals surface area (Å²) >= 11 is 0. The van der Waals surface area contributed by atoms with Gasteiger partial charge in [-0.2, -0.15) is 0 Å². The molecule has 1 spiro atoms. The summed E-state index contributed by atoms with van der Waals surface area (Å²) in [5.41, 5.74) is 0.556. The zero-order valence-corrected chi connectivity index (χ0v) is 17.2. The van der Waals surface area contributed by atoms with Crippen molar-refractivity contribution in [2.24, 2.45) is 5.41 Å². The fourth-order valence-electron chi connectivity index (χ4n) is 4.33. The summed E-state index contributed by atoms with van der Waals surface area (Å²) in [6.07, 6.45) is 4.31. The molecule has 154 valence electrons. The molecule has 0 bridgehead atoms. The van der Waals surface area contributed by atoms with Gasteiger partial charge < -0.3 is 19.7 Å². The van der Waals surface area contributed by atoms with E-state index in [1.807, 2.05) is 51.1 Å². The number of hydrogen-bond acceptors (Lipinski definition) is 4. The first-order valence-corrected chi connectivity index (χ1v) is 10.2. The topological polar surface area (TPSA) is 67.9 Å². The summed E-state index contributed by atoms with van der Waals surface area (Å²) in [5, 5.41) is 3.10. The van der Waals surface area contributed by atoms with Gasteiger partial charge in [0.1, 0.15) is 12.2 Å². The molecule has 1 aliphatic heterocycles. The van der Waals surface area contributed by atoms with Crippen molar-refractivity contribution in [1.29, 1.82) is 0 Å². The molecule has 1 aromatic rings. The van der Waals surface area contributed by atoms with Crippen molar-refractivity contribution in [2.45, 2.75) is 71.1 Å². The molecule has 1 saturated heterocycles. The van der Waals surface area contributed by atoms with Gasteiger partial charge in [0.2, 0.25) is 0 Å². The van der Waals surface area contributed by atoms with Gasteiger partial charge in [-0.25, -0.2) is 9.59 Å². The highest BCUT2D eigenvalue weighted by molar-refractivity contribution is 5.69. The first-order valence-electron chi connectivity index (χ1n) is 10.2. The predicted molar refractivity (Wildman–Crippen MR) is 107 cm³/mol. The third-order valence-corrected chi connectivity index (χ3v) is 5.82. The maximum Gasteiger partial charge on any atom is 0.410 e. The Morgan fingerprint density at radius 1 is 1.14 bits per heavy atom. The average molecular weight is 389 g/mol. The molecular formula is C22H32N2O4. The molecule has 2 fully saturated rings. The van der Waals surface area contributed by atoms with Gasteiger partial charge in [0.05, 0.1) is 0 Å². The SMILES string of the molecule is CC(C)(C)OC(=O)N1CCC2(CCCC2NC(=O)OCc2ccccc2)CC1. The molecule has 1 heterocycles.